The van der Waals surface area contributed by atoms with E-state index in [1.165, 1.54) is 0 Å². The highest BCUT2D eigenvalue weighted by Crippen LogP contribution is 2.24. The van der Waals surface area contributed by atoms with E-state index >= 15 is 0 Å². The fourth-order valence-electron chi connectivity index (χ4n) is 1.30. The Hall–Kier alpha value is -1.30. The first-order valence-electron chi connectivity index (χ1n) is 6.55. The molecule has 0 aromatic carbocycles. The van der Waals surface area contributed by atoms with E-state index in [4.69, 9.17) is 4.74 Å². The lowest BCUT2D eigenvalue weighted by Gasteiger charge is -2.26. The van der Waals surface area contributed by atoms with Crippen molar-refractivity contribution in [1.29, 1.82) is 0 Å². The predicted molar refractivity (Wildman–Crippen MR) is 80.8 cm³/mol. The molecule has 112 valence electrons. The molecule has 1 aromatic rings. The van der Waals surface area contributed by atoms with Crippen LogP contribution in [0.25, 0.3) is 0 Å². The van der Waals surface area contributed by atoms with E-state index in [0.717, 1.165) is 10.9 Å². The molecule has 20 heavy (non-hydrogen) atoms. The van der Waals surface area contributed by atoms with Crippen LogP contribution in [0, 0.1) is 5.41 Å². The highest BCUT2D eigenvalue weighted by Gasteiger charge is 2.22. The van der Waals surface area contributed by atoms with Gasteiger partial charge in [0.05, 0.1) is 0 Å². The van der Waals surface area contributed by atoms with Crippen molar-refractivity contribution in [2.24, 2.45) is 5.41 Å². The van der Waals surface area contributed by atoms with Crippen molar-refractivity contribution in [3.8, 4) is 0 Å². The van der Waals surface area contributed by atoms with E-state index in [9.17, 15) is 4.79 Å². The Morgan fingerprint density at radius 3 is 2.40 bits per heavy atom. The summed E-state index contributed by atoms with van der Waals surface area (Å²) in [5.74, 6) is 0.812. The predicted octanol–water partition coefficient (Wildman–Crippen LogP) is 3.12. The number of hydrogen-bond acceptors (Lipinski definition) is 5. The maximum atomic E-state index is 11.6. The fourth-order valence-corrected chi connectivity index (χ4v) is 2.19. The average Bonchev–Trinajstić information content (AvgIpc) is 2.34. The summed E-state index contributed by atoms with van der Waals surface area (Å²) in [6.45, 7) is 10.3. The van der Waals surface area contributed by atoms with Crippen molar-refractivity contribution in [2.75, 3.05) is 12.3 Å². The average molecular weight is 297 g/mol. The van der Waals surface area contributed by atoms with E-state index in [2.05, 4.69) is 29.1 Å². The van der Waals surface area contributed by atoms with Crippen molar-refractivity contribution in [1.82, 2.24) is 15.3 Å². The Morgan fingerprint density at radius 1 is 1.25 bits per heavy atom. The van der Waals surface area contributed by atoms with Gasteiger partial charge in [-0.1, -0.05) is 25.6 Å². The first kappa shape index (κ1) is 16.8. The molecule has 0 radical (unpaired) electrons. The molecule has 0 spiro atoms. The number of carbonyl (C=O) groups excluding carboxylic acids is 1. The second-order valence-electron chi connectivity index (χ2n) is 6.34. The number of ether oxygens (including phenoxy) is 1. The van der Waals surface area contributed by atoms with Crippen LogP contribution in [0.3, 0.4) is 0 Å². The van der Waals surface area contributed by atoms with Crippen molar-refractivity contribution in [3.63, 3.8) is 0 Å². The Bertz CT molecular complexity index is 430. The topological polar surface area (TPSA) is 64.1 Å². The highest BCUT2D eigenvalue weighted by atomic mass is 32.2. The number of nitrogens with zero attached hydrogens (tertiary/aromatic N) is 2. The Balaban J connectivity index is 2.36. The summed E-state index contributed by atoms with van der Waals surface area (Å²) in [5, 5.41) is 3.55. The van der Waals surface area contributed by atoms with Crippen LogP contribution in [0.4, 0.5) is 4.79 Å². The van der Waals surface area contributed by atoms with Gasteiger partial charge in [0.25, 0.3) is 0 Å². The lowest BCUT2D eigenvalue weighted by molar-refractivity contribution is 0.0510. The van der Waals surface area contributed by atoms with Gasteiger partial charge in [-0.2, -0.15) is 0 Å². The van der Waals surface area contributed by atoms with Gasteiger partial charge in [0, 0.05) is 24.7 Å². The molecule has 1 N–H and O–H groups in total. The zero-order chi connectivity index (χ0) is 15.2. The molecular formula is C14H23N3O2S. The summed E-state index contributed by atoms with van der Waals surface area (Å²) in [7, 11) is 0. The van der Waals surface area contributed by atoms with E-state index in [-0.39, 0.29) is 11.5 Å². The lowest BCUT2D eigenvalue weighted by Crippen LogP contribution is -2.38. The van der Waals surface area contributed by atoms with Crippen LogP contribution in [0.1, 0.15) is 34.6 Å². The number of nitrogens with one attached hydrogen (secondary N) is 1. The molecule has 0 bridgehead atoms. The van der Waals surface area contributed by atoms with Crippen LogP contribution in [-0.4, -0.2) is 34.0 Å². The second-order valence-corrected chi connectivity index (χ2v) is 7.28. The number of rotatable bonds is 5. The smallest absolute Gasteiger partial charge is 0.407 e. The van der Waals surface area contributed by atoms with E-state index in [0.29, 0.717) is 6.54 Å². The molecule has 0 aliphatic rings. The largest absolute Gasteiger partial charge is 0.444 e. The standard InChI is InChI=1S/C14H23N3O2S/c1-13(2,3)19-12(18)17-9-14(4,5)10-20-11-15-7-6-8-16-11/h6-8H,9-10H2,1-5H3,(H,17,18). The Labute approximate surface area is 124 Å². The molecule has 0 saturated heterocycles. The molecule has 0 fully saturated rings. The van der Waals surface area contributed by atoms with Gasteiger partial charge in [-0.05, 0) is 32.3 Å². The van der Waals surface area contributed by atoms with Gasteiger partial charge in [-0.15, -0.1) is 0 Å². The minimum atomic E-state index is -0.471. The third-order valence-corrected chi connectivity index (χ3v) is 3.64. The molecule has 0 atom stereocenters. The highest BCUT2D eigenvalue weighted by molar-refractivity contribution is 7.99. The summed E-state index contributed by atoms with van der Waals surface area (Å²) >= 11 is 1.58. The quantitative estimate of drug-likeness (QED) is 0.668. The molecule has 0 aliphatic heterocycles. The lowest BCUT2D eigenvalue weighted by atomic mass is 9.97. The van der Waals surface area contributed by atoms with E-state index in [1.807, 2.05) is 20.8 Å². The van der Waals surface area contributed by atoms with Gasteiger partial charge in [0.2, 0.25) is 0 Å². The first-order chi connectivity index (χ1) is 9.18. The normalized spacial score (nSPS) is 12.1. The summed E-state index contributed by atoms with van der Waals surface area (Å²) in [6.07, 6.45) is 3.06. The van der Waals surface area contributed by atoms with Crippen molar-refractivity contribution in [3.05, 3.63) is 18.5 Å². The second kappa shape index (κ2) is 6.92. The minimum Gasteiger partial charge on any atom is -0.444 e. The molecule has 1 aromatic heterocycles. The Kier molecular flexibility index (Phi) is 5.80. The number of aromatic nitrogens is 2. The molecule has 0 unspecified atom stereocenters. The van der Waals surface area contributed by atoms with Gasteiger partial charge < -0.3 is 10.1 Å². The molecule has 0 saturated carbocycles. The van der Waals surface area contributed by atoms with Crippen LogP contribution in [0.5, 0.6) is 0 Å². The SMILES string of the molecule is CC(C)(CNC(=O)OC(C)(C)C)CSc1ncccn1. The van der Waals surface area contributed by atoms with E-state index < -0.39 is 5.60 Å². The van der Waals surface area contributed by atoms with Gasteiger partial charge in [-0.25, -0.2) is 14.8 Å². The third-order valence-electron chi connectivity index (χ3n) is 2.24. The van der Waals surface area contributed by atoms with Crippen molar-refractivity contribution in [2.45, 2.75) is 45.4 Å². The van der Waals surface area contributed by atoms with Gasteiger partial charge in [0.15, 0.2) is 5.16 Å². The molecule has 5 nitrogen and oxygen atoms in total. The number of alkyl carbamates (subject to hydrolysis) is 1. The number of thioether (sulfide) groups is 1. The summed E-state index contributed by atoms with van der Waals surface area (Å²) in [5.41, 5.74) is -0.540. The van der Waals surface area contributed by atoms with Crippen LogP contribution < -0.4 is 5.32 Å². The van der Waals surface area contributed by atoms with Gasteiger partial charge >= 0.3 is 6.09 Å². The number of amides is 1. The molecule has 1 heterocycles. The third kappa shape index (κ3) is 7.33. The van der Waals surface area contributed by atoms with Gasteiger partial charge in [0.1, 0.15) is 5.60 Å². The number of carbonyl (C=O) groups is 1. The maximum absolute atomic E-state index is 11.6. The van der Waals surface area contributed by atoms with Crippen molar-refractivity contribution < 1.29 is 9.53 Å². The van der Waals surface area contributed by atoms with E-state index in [1.54, 1.807) is 30.2 Å². The maximum Gasteiger partial charge on any atom is 0.407 e. The van der Waals surface area contributed by atoms with Crippen LogP contribution in [0.2, 0.25) is 0 Å². The monoisotopic (exact) mass is 297 g/mol. The zero-order valence-corrected chi connectivity index (χ0v) is 13.6. The molecule has 1 amide bonds. The zero-order valence-electron chi connectivity index (χ0n) is 12.8. The van der Waals surface area contributed by atoms with Crippen molar-refractivity contribution >= 4 is 17.9 Å². The summed E-state index contributed by atoms with van der Waals surface area (Å²) in [6, 6.07) is 1.79. The van der Waals surface area contributed by atoms with Crippen LogP contribution >= 0.6 is 11.8 Å². The summed E-state index contributed by atoms with van der Waals surface area (Å²) < 4.78 is 5.21. The minimum absolute atomic E-state index is 0.0687. The summed E-state index contributed by atoms with van der Waals surface area (Å²) in [4.78, 5) is 19.9. The molecule has 1 rings (SSSR count). The molecule has 0 aliphatic carbocycles. The first-order valence-corrected chi connectivity index (χ1v) is 7.53. The van der Waals surface area contributed by atoms with Gasteiger partial charge in [-0.3, -0.25) is 0 Å². The van der Waals surface area contributed by atoms with Crippen LogP contribution in [0.15, 0.2) is 23.6 Å². The molecule has 6 heteroatoms. The number of hydrogen-bond donors (Lipinski definition) is 1. The molecular weight excluding hydrogens is 274 g/mol. The van der Waals surface area contributed by atoms with Crippen LogP contribution in [-0.2, 0) is 4.74 Å². The Morgan fingerprint density at radius 2 is 1.85 bits per heavy atom. The fraction of sp³-hybridized carbons (Fsp3) is 0.643.